The lowest BCUT2D eigenvalue weighted by Crippen LogP contribution is -1.91. The average molecular weight is 312 g/mol. The Kier molecular flexibility index (Phi) is 4.04. The molecule has 2 aromatic rings. The summed E-state index contributed by atoms with van der Waals surface area (Å²) in [5.41, 5.74) is 1.73. The van der Waals surface area contributed by atoms with Crippen molar-refractivity contribution in [1.82, 2.24) is 0 Å². The highest BCUT2D eigenvalue weighted by Crippen LogP contribution is 2.40. The monoisotopic (exact) mass is 310 g/mol. The molecule has 0 aliphatic heterocycles. The molecule has 0 fully saturated rings. The Morgan fingerprint density at radius 3 is 2.38 bits per heavy atom. The molecule has 0 spiro atoms. The first-order valence-electron chi connectivity index (χ1n) is 4.42. The molecular weight excluding hydrogens is 306 g/mol. The highest BCUT2D eigenvalue weighted by Gasteiger charge is 2.17. The molecule has 1 aromatic carbocycles. The van der Waals surface area contributed by atoms with Gasteiger partial charge in [-0.1, -0.05) is 46.9 Å². The lowest BCUT2D eigenvalue weighted by atomic mass is 10.1. The lowest BCUT2D eigenvalue weighted by Gasteiger charge is -2.08. The molecule has 1 aromatic heterocycles. The Balaban J connectivity index is 2.38. The normalized spacial score (nSPS) is 12.8. The molecule has 0 aliphatic rings. The summed E-state index contributed by atoms with van der Waals surface area (Å²) >= 11 is 25.5. The smallest absolute Gasteiger partial charge is 0.0994 e. The van der Waals surface area contributed by atoms with Gasteiger partial charge in [0.25, 0.3) is 0 Å². The molecule has 0 bridgehead atoms. The van der Waals surface area contributed by atoms with Crippen LogP contribution >= 0.6 is 57.7 Å². The van der Waals surface area contributed by atoms with Gasteiger partial charge in [0.1, 0.15) is 0 Å². The van der Waals surface area contributed by atoms with Gasteiger partial charge in [0.05, 0.1) is 14.0 Å². The lowest BCUT2D eigenvalue weighted by molar-refractivity contribution is 1.16. The van der Waals surface area contributed by atoms with Gasteiger partial charge in [0.2, 0.25) is 0 Å². The summed E-state index contributed by atoms with van der Waals surface area (Å²) in [4.78, 5) is 0. The Bertz CT molecular complexity index is 506. The molecule has 0 amide bonds. The number of alkyl halides is 1. The number of halogens is 4. The largest absolute Gasteiger partial charge is 0.112 e. The van der Waals surface area contributed by atoms with E-state index in [-0.39, 0.29) is 5.38 Å². The Morgan fingerprint density at radius 2 is 1.81 bits per heavy atom. The average Bonchev–Trinajstić information content (AvgIpc) is 2.57. The molecule has 2 rings (SSSR count). The fourth-order valence-electron chi connectivity index (χ4n) is 1.37. The molecule has 1 atom stereocenters. The minimum absolute atomic E-state index is 0.324. The van der Waals surface area contributed by atoms with Crippen molar-refractivity contribution in [3.8, 4) is 0 Å². The van der Waals surface area contributed by atoms with Crippen LogP contribution in [0.1, 0.15) is 16.5 Å². The predicted molar refractivity (Wildman–Crippen MR) is 73.5 cm³/mol. The van der Waals surface area contributed by atoms with Crippen molar-refractivity contribution >= 4 is 57.7 Å². The summed E-state index contributed by atoms with van der Waals surface area (Å²) in [6.45, 7) is 0. The van der Waals surface area contributed by atoms with Crippen LogP contribution in [0.4, 0.5) is 0 Å². The van der Waals surface area contributed by atoms with Crippen LogP contribution in [0.15, 0.2) is 30.3 Å². The summed E-state index contributed by atoms with van der Waals surface area (Å²) in [5, 5.41) is 0.329. The van der Waals surface area contributed by atoms with Gasteiger partial charge in [-0.05, 0) is 23.8 Å². The topological polar surface area (TPSA) is 0 Å². The van der Waals surface area contributed by atoms with Gasteiger partial charge in [-0.3, -0.25) is 0 Å². The number of benzene rings is 1. The van der Waals surface area contributed by atoms with Crippen molar-refractivity contribution in [2.45, 2.75) is 5.38 Å². The molecule has 0 N–H and O–H groups in total. The van der Waals surface area contributed by atoms with Crippen LogP contribution in [0.25, 0.3) is 0 Å². The predicted octanol–water partition coefficient (Wildman–Crippen LogP) is 6.04. The van der Waals surface area contributed by atoms with Crippen LogP contribution in [-0.4, -0.2) is 0 Å². The van der Waals surface area contributed by atoms with E-state index in [0.29, 0.717) is 13.7 Å². The molecule has 16 heavy (non-hydrogen) atoms. The Morgan fingerprint density at radius 1 is 1.06 bits per heavy atom. The second kappa shape index (κ2) is 5.16. The number of hydrogen-bond acceptors (Lipinski definition) is 1. The van der Waals surface area contributed by atoms with Gasteiger partial charge in [0.15, 0.2) is 0 Å². The second-order valence-corrected chi connectivity index (χ2v) is 6.36. The third kappa shape index (κ3) is 2.66. The van der Waals surface area contributed by atoms with E-state index in [2.05, 4.69) is 0 Å². The molecule has 0 saturated carbocycles. The minimum atomic E-state index is -0.324. The SMILES string of the molecule is Clc1cccc(C(Cl)c2cc(Cl)sc2Cl)c1. The zero-order chi connectivity index (χ0) is 11.7. The Hall–Kier alpha value is 0.0800. The molecule has 0 aliphatic carbocycles. The van der Waals surface area contributed by atoms with Crippen molar-refractivity contribution in [3.05, 3.63) is 55.2 Å². The Labute approximate surface area is 118 Å². The van der Waals surface area contributed by atoms with Gasteiger partial charge in [-0.15, -0.1) is 22.9 Å². The minimum Gasteiger partial charge on any atom is -0.112 e. The van der Waals surface area contributed by atoms with Crippen molar-refractivity contribution in [3.63, 3.8) is 0 Å². The van der Waals surface area contributed by atoms with Crippen LogP contribution in [0.3, 0.4) is 0 Å². The van der Waals surface area contributed by atoms with E-state index < -0.39 is 0 Å². The van der Waals surface area contributed by atoms with Crippen LogP contribution < -0.4 is 0 Å². The van der Waals surface area contributed by atoms with Crippen LogP contribution in [-0.2, 0) is 0 Å². The molecule has 0 nitrogen and oxygen atoms in total. The number of rotatable bonds is 2. The first-order chi connectivity index (χ1) is 7.58. The molecule has 1 unspecified atom stereocenters. The molecule has 84 valence electrons. The van der Waals surface area contributed by atoms with E-state index in [9.17, 15) is 0 Å². The van der Waals surface area contributed by atoms with E-state index >= 15 is 0 Å². The van der Waals surface area contributed by atoms with Crippen LogP contribution in [0.2, 0.25) is 13.7 Å². The maximum absolute atomic E-state index is 6.33. The summed E-state index contributed by atoms with van der Waals surface area (Å²) in [6, 6.07) is 9.17. The van der Waals surface area contributed by atoms with E-state index in [4.69, 9.17) is 46.4 Å². The van der Waals surface area contributed by atoms with Crippen molar-refractivity contribution < 1.29 is 0 Å². The quantitative estimate of drug-likeness (QED) is 0.593. The molecule has 5 heteroatoms. The maximum Gasteiger partial charge on any atom is 0.0994 e. The fourth-order valence-corrected chi connectivity index (χ4v) is 3.53. The molecule has 1 heterocycles. The van der Waals surface area contributed by atoms with E-state index in [1.54, 1.807) is 12.1 Å². The van der Waals surface area contributed by atoms with Gasteiger partial charge < -0.3 is 0 Å². The van der Waals surface area contributed by atoms with Crippen LogP contribution in [0, 0.1) is 0 Å². The van der Waals surface area contributed by atoms with Crippen molar-refractivity contribution in [2.75, 3.05) is 0 Å². The highest BCUT2D eigenvalue weighted by atomic mass is 35.5. The molecular formula is C11H6Cl4S. The zero-order valence-corrected chi connectivity index (χ0v) is 11.7. The molecule has 0 radical (unpaired) electrons. The standard InChI is InChI=1S/C11H6Cl4S/c12-7-3-1-2-6(4-7)10(14)8-5-9(13)16-11(8)15/h1-5,10H. The summed E-state index contributed by atoms with van der Waals surface area (Å²) in [5.74, 6) is 0. The van der Waals surface area contributed by atoms with E-state index in [1.807, 2.05) is 18.2 Å². The third-order valence-corrected chi connectivity index (χ3v) is 4.34. The highest BCUT2D eigenvalue weighted by molar-refractivity contribution is 7.20. The first-order valence-corrected chi connectivity index (χ1v) is 6.81. The van der Waals surface area contributed by atoms with Crippen LogP contribution in [0.5, 0.6) is 0 Å². The first kappa shape index (κ1) is 12.5. The molecule has 0 saturated heterocycles. The van der Waals surface area contributed by atoms with Gasteiger partial charge in [0, 0.05) is 10.6 Å². The zero-order valence-electron chi connectivity index (χ0n) is 7.88. The summed E-state index contributed by atoms with van der Waals surface area (Å²) in [7, 11) is 0. The number of thiophene rings is 1. The van der Waals surface area contributed by atoms with E-state index in [1.165, 1.54) is 11.3 Å². The fraction of sp³-hybridized carbons (Fsp3) is 0.0909. The number of hydrogen-bond donors (Lipinski definition) is 0. The maximum atomic E-state index is 6.33. The third-order valence-electron chi connectivity index (χ3n) is 2.10. The van der Waals surface area contributed by atoms with Crippen molar-refractivity contribution in [2.24, 2.45) is 0 Å². The van der Waals surface area contributed by atoms with Gasteiger partial charge in [-0.25, -0.2) is 0 Å². The summed E-state index contributed by atoms with van der Waals surface area (Å²) < 4.78 is 1.25. The van der Waals surface area contributed by atoms with Gasteiger partial charge in [-0.2, -0.15) is 0 Å². The summed E-state index contributed by atoms with van der Waals surface area (Å²) in [6.07, 6.45) is 0. The van der Waals surface area contributed by atoms with Gasteiger partial charge >= 0.3 is 0 Å². The van der Waals surface area contributed by atoms with Crippen molar-refractivity contribution in [1.29, 1.82) is 0 Å². The second-order valence-electron chi connectivity index (χ2n) is 3.20. The van der Waals surface area contributed by atoms with E-state index in [0.717, 1.165) is 11.1 Å².